The molecule has 0 unspecified atom stereocenters. The third-order valence-electron chi connectivity index (χ3n) is 4.48. The molecule has 0 bridgehead atoms. The molecule has 3 atom stereocenters. The van der Waals surface area contributed by atoms with Crippen LogP contribution in [0.25, 0.3) is 0 Å². The topological polar surface area (TPSA) is 26.0 Å². The molecule has 0 spiro atoms. The van der Waals surface area contributed by atoms with Gasteiger partial charge < -0.3 is 5.73 Å². The molecule has 2 aliphatic carbocycles. The van der Waals surface area contributed by atoms with Gasteiger partial charge in [-0.15, -0.1) is 0 Å². The highest BCUT2D eigenvalue weighted by molar-refractivity contribution is 5.02. The van der Waals surface area contributed by atoms with Gasteiger partial charge in [0, 0.05) is 0 Å². The summed E-state index contributed by atoms with van der Waals surface area (Å²) in [5.41, 5.74) is 6.46. The van der Waals surface area contributed by atoms with Crippen LogP contribution in [0.5, 0.6) is 0 Å². The molecule has 1 nitrogen and oxygen atoms in total. The van der Waals surface area contributed by atoms with E-state index in [4.69, 9.17) is 5.73 Å². The van der Waals surface area contributed by atoms with Crippen molar-refractivity contribution < 1.29 is 0 Å². The van der Waals surface area contributed by atoms with Gasteiger partial charge in [-0.25, -0.2) is 0 Å². The SMILES string of the molecule is CC[C@@]1(CN)C[C@H]2CCCC[C@H]21. The fourth-order valence-corrected chi connectivity index (χ4v) is 3.56. The number of hydrogen-bond acceptors (Lipinski definition) is 1. The lowest BCUT2D eigenvalue weighted by molar-refractivity contribution is -0.0661. The maximum atomic E-state index is 5.89. The van der Waals surface area contributed by atoms with Crippen molar-refractivity contribution in [1.29, 1.82) is 0 Å². The summed E-state index contributed by atoms with van der Waals surface area (Å²) in [6.07, 6.45) is 8.64. The summed E-state index contributed by atoms with van der Waals surface area (Å²) in [4.78, 5) is 0. The van der Waals surface area contributed by atoms with Crippen molar-refractivity contribution in [1.82, 2.24) is 0 Å². The molecule has 0 heterocycles. The van der Waals surface area contributed by atoms with Crippen LogP contribution in [0, 0.1) is 17.3 Å². The largest absolute Gasteiger partial charge is 0.330 e. The van der Waals surface area contributed by atoms with Gasteiger partial charge in [-0.3, -0.25) is 0 Å². The van der Waals surface area contributed by atoms with Gasteiger partial charge >= 0.3 is 0 Å². The van der Waals surface area contributed by atoms with E-state index in [9.17, 15) is 0 Å². The van der Waals surface area contributed by atoms with E-state index in [1.54, 1.807) is 0 Å². The maximum Gasteiger partial charge on any atom is -0.00178 e. The Balaban J connectivity index is 2.02. The first-order chi connectivity index (χ1) is 5.82. The van der Waals surface area contributed by atoms with Crippen molar-refractivity contribution >= 4 is 0 Å². The molecule has 2 aliphatic rings. The van der Waals surface area contributed by atoms with Crippen LogP contribution in [0.15, 0.2) is 0 Å². The third kappa shape index (κ3) is 1.02. The molecule has 2 saturated carbocycles. The summed E-state index contributed by atoms with van der Waals surface area (Å²) in [6.45, 7) is 3.25. The van der Waals surface area contributed by atoms with E-state index in [1.807, 2.05) is 0 Å². The van der Waals surface area contributed by atoms with Gasteiger partial charge in [-0.05, 0) is 43.1 Å². The second kappa shape index (κ2) is 3.02. The predicted octanol–water partition coefficient (Wildman–Crippen LogP) is 2.55. The minimum absolute atomic E-state index is 0.574. The smallest absolute Gasteiger partial charge is 0.00178 e. The Kier molecular flexibility index (Phi) is 2.16. The maximum absolute atomic E-state index is 5.89. The molecule has 12 heavy (non-hydrogen) atoms. The molecule has 0 amide bonds. The molecule has 0 aromatic heterocycles. The van der Waals surface area contributed by atoms with Gasteiger partial charge in [0.1, 0.15) is 0 Å². The Morgan fingerprint density at radius 3 is 2.67 bits per heavy atom. The van der Waals surface area contributed by atoms with Gasteiger partial charge in [0.05, 0.1) is 0 Å². The summed E-state index contributed by atoms with van der Waals surface area (Å²) in [6, 6.07) is 0. The van der Waals surface area contributed by atoms with E-state index >= 15 is 0 Å². The van der Waals surface area contributed by atoms with E-state index in [2.05, 4.69) is 6.92 Å². The van der Waals surface area contributed by atoms with Crippen LogP contribution >= 0.6 is 0 Å². The van der Waals surface area contributed by atoms with Crippen LogP contribution in [0.4, 0.5) is 0 Å². The molecule has 0 radical (unpaired) electrons. The Hall–Kier alpha value is -0.0400. The van der Waals surface area contributed by atoms with Crippen LogP contribution < -0.4 is 5.73 Å². The van der Waals surface area contributed by atoms with E-state index in [-0.39, 0.29) is 0 Å². The van der Waals surface area contributed by atoms with Crippen molar-refractivity contribution in [3.8, 4) is 0 Å². The zero-order valence-electron chi connectivity index (χ0n) is 8.18. The number of nitrogens with two attached hydrogens (primary N) is 1. The minimum Gasteiger partial charge on any atom is -0.330 e. The van der Waals surface area contributed by atoms with Crippen LogP contribution in [-0.2, 0) is 0 Å². The fraction of sp³-hybridized carbons (Fsp3) is 1.00. The second-order valence-electron chi connectivity index (χ2n) is 4.78. The molecular weight excluding hydrogens is 146 g/mol. The van der Waals surface area contributed by atoms with Crippen molar-refractivity contribution in [2.45, 2.75) is 45.4 Å². The Morgan fingerprint density at radius 1 is 1.33 bits per heavy atom. The second-order valence-corrected chi connectivity index (χ2v) is 4.78. The summed E-state index contributed by atoms with van der Waals surface area (Å²) < 4.78 is 0. The van der Waals surface area contributed by atoms with Gasteiger partial charge in [0.25, 0.3) is 0 Å². The normalized spacial score (nSPS) is 46.5. The lowest BCUT2D eigenvalue weighted by Gasteiger charge is -2.57. The summed E-state index contributed by atoms with van der Waals surface area (Å²) in [7, 11) is 0. The zero-order chi connectivity index (χ0) is 8.60. The molecule has 2 N–H and O–H groups in total. The van der Waals surface area contributed by atoms with Crippen molar-refractivity contribution in [2.75, 3.05) is 6.54 Å². The lowest BCUT2D eigenvalue weighted by atomic mass is 9.48. The van der Waals surface area contributed by atoms with Crippen LogP contribution in [0.2, 0.25) is 0 Å². The molecule has 0 aromatic carbocycles. The predicted molar refractivity (Wildman–Crippen MR) is 51.8 cm³/mol. The molecule has 2 rings (SSSR count). The molecule has 2 fully saturated rings. The van der Waals surface area contributed by atoms with Crippen molar-refractivity contribution in [3.05, 3.63) is 0 Å². The number of fused-ring (bicyclic) bond motifs is 1. The van der Waals surface area contributed by atoms with Crippen LogP contribution in [0.1, 0.15) is 45.4 Å². The molecule has 0 aromatic rings. The van der Waals surface area contributed by atoms with E-state index < -0.39 is 0 Å². The quantitative estimate of drug-likeness (QED) is 0.672. The summed E-state index contributed by atoms with van der Waals surface area (Å²) >= 11 is 0. The molecular formula is C11H21N. The highest BCUT2D eigenvalue weighted by Crippen LogP contribution is 2.58. The summed E-state index contributed by atoms with van der Waals surface area (Å²) in [5, 5.41) is 0. The highest BCUT2D eigenvalue weighted by Gasteiger charge is 2.51. The highest BCUT2D eigenvalue weighted by atomic mass is 14.7. The standard InChI is InChI=1S/C11H21N/c1-2-11(8-12)7-9-5-3-4-6-10(9)11/h9-10H,2-8,12H2,1H3/t9-,10-,11+/m1/s1. The Morgan fingerprint density at radius 2 is 2.08 bits per heavy atom. The fourth-order valence-electron chi connectivity index (χ4n) is 3.56. The van der Waals surface area contributed by atoms with Gasteiger partial charge in [-0.1, -0.05) is 26.2 Å². The lowest BCUT2D eigenvalue weighted by Crippen LogP contribution is -2.53. The average Bonchev–Trinajstić information content (AvgIpc) is 2.09. The van der Waals surface area contributed by atoms with Crippen LogP contribution in [-0.4, -0.2) is 6.54 Å². The van der Waals surface area contributed by atoms with Gasteiger partial charge in [-0.2, -0.15) is 0 Å². The summed E-state index contributed by atoms with van der Waals surface area (Å²) in [5.74, 6) is 2.06. The van der Waals surface area contributed by atoms with E-state index in [0.29, 0.717) is 5.41 Å². The average molecular weight is 167 g/mol. The first-order valence-corrected chi connectivity index (χ1v) is 5.52. The van der Waals surface area contributed by atoms with Crippen molar-refractivity contribution in [3.63, 3.8) is 0 Å². The number of hydrogen-bond donors (Lipinski definition) is 1. The van der Waals surface area contributed by atoms with Crippen molar-refractivity contribution in [2.24, 2.45) is 23.0 Å². The molecule has 0 saturated heterocycles. The molecule has 0 aliphatic heterocycles. The first-order valence-electron chi connectivity index (χ1n) is 5.52. The Bertz CT molecular complexity index is 160. The van der Waals surface area contributed by atoms with E-state index in [1.165, 1.54) is 38.5 Å². The van der Waals surface area contributed by atoms with Gasteiger partial charge in [0.2, 0.25) is 0 Å². The third-order valence-corrected chi connectivity index (χ3v) is 4.48. The van der Waals surface area contributed by atoms with Crippen LogP contribution in [0.3, 0.4) is 0 Å². The minimum atomic E-state index is 0.574. The van der Waals surface area contributed by atoms with E-state index in [0.717, 1.165) is 18.4 Å². The first kappa shape index (κ1) is 8.55. The van der Waals surface area contributed by atoms with Gasteiger partial charge in [0.15, 0.2) is 0 Å². The number of rotatable bonds is 2. The zero-order valence-corrected chi connectivity index (χ0v) is 8.18. The molecule has 1 heteroatoms. The monoisotopic (exact) mass is 167 g/mol. The molecule has 70 valence electrons. The Labute approximate surface area is 75.7 Å².